The lowest BCUT2D eigenvalue weighted by atomic mass is 9.85. The molecule has 3 rings (SSSR count). The Bertz CT molecular complexity index is 581. The van der Waals surface area contributed by atoms with Crippen molar-refractivity contribution in [3.05, 3.63) is 29.8 Å². The molecule has 3 heteroatoms. The molecule has 3 nitrogen and oxygen atoms in total. The number of rotatable bonds is 3. The zero-order valence-electron chi connectivity index (χ0n) is 12.6. The van der Waals surface area contributed by atoms with Crippen LogP contribution in [0.3, 0.4) is 0 Å². The molecule has 0 radical (unpaired) electrons. The van der Waals surface area contributed by atoms with Crippen molar-refractivity contribution in [2.75, 3.05) is 0 Å². The smallest absolute Gasteiger partial charge is 0.192 e. The number of hydrogen-bond acceptors (Lipinski definition) is 3. The van der Waals surface area contributed by atoms with E-state index in [1.807, 2.05) is 12.1 Å². The Kier molecular flexibility index (Phi) is 3.96. The molecule has 0 amide bonds. The minimum absolute atomic E-state index is 0.416. The van der Waals surface area contributed by atoms with Gasteiger partial charge >= 0.3 is 0 Å². The van der Waals surface area contributed by atoms with E-state index in [0.29, 0.717) is 18.8 Å². The Labute approximate surface area is 126 Å². The van der Waals surface area contributed by atoms with Gasteiger partial charge in [-0.05, 0) is 25.8 Å². The molecule has 1 heterocycles. The van der Waals surface area contributed by atoms with Crippen molar-refractivity contribution in [1.29, 1.82) is 5.26 Å². The molecule has 1 atom stereocenters. The molecule has 0 bridgehead atoms. The van der Waals surface area contributed by atoms with Crippen LogP contribution in [0.5, 0.6) is 0 Å². The largest absolute Gasteiger partial charge is 0.469 e. The maximum absolute atomic E-state index is 8.94. The summed E-state index contributed by atoms with van der Waals surface area (Å²) >= 11 is 0. The summed E-state index contributed by atoms with van der Waals surface area (Å²) in [6.07, 6.45) is 7.43. The first-order chi connectivity index (χ1) is 10.2. The van der Waals surface area contributed by atoms with Crippen molar-refractivity contribution in [3.63, 3.8) is 0 Å². The van der Waals surface area contributed by atoms with Gasteiger partial charge in [0, 0.05) is 24.3 Å². The molecule has 0 saturated heterocycles. The number of nitrogens with zero attached hydrogens (tertiary/aromatic N) is 2. The number of nitriles is 1. The minimum atomic E-state index is -0.416. The number of aliphatic imine (C=N–C) groups is 1. The molecular formula is C18H22N2O. The average Bonchev–Trinajstić information content (AvgIpc) is 2.54. The van der Waals surface area contributed by atoms with Gasteiger partial charge in [0.2, 0.25) is 0 Å². The van der Waals surface area contributed by atoms with E-state index in [1.165, 1.54) is 32.1 Å². The van der Waals surface area contributed by atoms with Gasteiger partial charge in [0.1, 0.15) is 5.60 Å². The van der Waals surface area contributed by atoms with Gasteiger partial charge in [-0.2, -0.15) is 5.26 Å². The third-order valence-corrected chi connectivity index (χ3v) is 4.70. The summed E-state index contributed by atoms with van der Waals surface area (Å²) in [7, 11) is 0. The Hall–Kier alpha value is -1.82. The van der Waals surface area contributed by atoms with E-state index >= 15 is 0 Å². The van der Waals surface area contributed by atoms with Crippen LogP contribution in [0.1, 0.15) is 57.4 Å². The third-order valence-electron chi connectivity index (χ3n) is 4.70. The summed E-state index contributed by atoms with van der Waals surface area (Å²) < 4.78 is 6.34. The number of benzene rings is 1. The lowest BCUT2D eigenvalue weighted by Gasteiger charge is -2.38. The van der Waals surface area contributed by atoms with Gasteiger partial charge in [-0.15, -0.1) is 0 Å². The predicted octanol–water partition coefficient (Wildman–Crippen LogP) is 4.85. The maximum Gasteiger partial charge on any atom is 0.192 e. The molecule has 1 aliphatic heterocycles. The van der Waals surface area contributed by atoms with E-state index in [-0.39, 0.29) is 0 Å². The van der Waals surface area contributed by atoms with Crippen molar-refractivity contribution < 1.29 is 4.74 Å². The second-order valence-corrected chi connectivity index (χ2v) is 6.29. The molecule has 1 aromatic carbocycles. The molecular weight excluding hydrogens is 260 g/mol. The van der Waals surface area contributed by atoms with Gasteiger partial charge in [0.05, 0.1) is 11.8 Å². The highest BCUT2D eigenvalue weighted by molar-refractivity contribution is 5.84. The van der Waals surface area contributed by atoms with E-state index in [1.54, 1.807) is 0 Å². The molecule has 1 unspecified atom stereocenters. The fraction of sp³-hybridized carbons (Fsp3) is 0.556. The third kappa shape index (κ3) is 2.81. The Morgan fingerprint density at radius 1 is 1.29 bits per heavy atom. The van der Waals surface area contributed by atoms with E-state index in [0.717, 1.165) is 17.1 Å². The van der Waals surface area contributed by atoms with E-state index in [4.69, 9.17) is 15.0 Å². The van der Waals surface area contributed by atoms with Gasteiger partial charge in [-0.25, -0.2) is 4.99 Å². The van der Waals surface area contributed by atoms with Crippen LogP contribution in [-0.2, 0) is 10.3 Å². The van der Waals surface area contributed by atoms with Crippen molar-refractivity contribution in [2.24, 2.45) is 10.9 Å². The monoisotopic (exact) mass is 282 g/mol. The first kappa shape index (κ1) is 14.1. The molecule has 0 aromatic heterocycles. The lowest BCUT2D eigenvalue weighted by molar-refractivity contribution is 0.0494. The summed E-state index contributed by atoms with van der Waals surface area (Å²) in [4.78, 5) is 4.78. The van der Waals surface area contributed by atoms with Gasteiger partial charge in [-0.3, -0.25) is 0 Å². The molecule has 0 spiro atoms. The Balaban J connectivity index is 1.94. The Morgan fingerprint density at radius 3 is 2.81 bits per heavy atom. The summed E-state index contributed by atoms with van der Waals surface area (Å²) in [5.41, 5.74) is 1.71. The van der Waals surface area contributed by atoms with Gasteiger partial charge in [0.15, 0.2) is 5.90 Å². The second kappa shape index (κ2) is 5.89. The van der Waals surface area contributed by atoms with Crippen molar-refractivity contribution in [2.45, 2.75) is 57.5 Å². The standard InChI is InChI=1S/C18H22N2O/c1-18(12-7-13-19)15-10-5-6-11-16(15)20-17(21-18)14-8-3-2-4-9-14/h5-6,10-11,14H,2-4,7-9,12H2,1H3. The fourth-order valence-corrected chi connectivity index (χ4v) is 3.45. The number of para-hydroxylation sites is 1. The zero-order chi connectivity index (χ0) is 14.7. The van der Waals surface area contributed by atoms with Gasteiger partial charge in [-0.1, -0.05) is 37.5 Å². The molecule has 1 fully saturated rings. The highest BCUT2D eigenvalue weighted by Crippen LogP contribution is 2.42. The van der Waals surface area contributed by atoms with Crippen LogP contribution in [0.4, 0.5) is 5.69 Å². The van der Waals surface area contributed by atoms with Crippen LogP contribution >= 0.6 is 0 Å². The zero-order valence-corrected chi connectivity index (χ0v) is 12.6. The number of ether oxygens (including phenoxy) is 1. The second-order valence-electron chi connectivity index (χ2n) is 6.29. The molecule has 21 heavy (non-hydrogen) atoms. The van der Waals surface area contributed by atoms with Crippen molar-refractivity contribution >= 4 is 11.6 Å². The van der Waals surface area contributed by atoms with Crippen molar-refractivity contribution in [3.8, 4) is 6.07 Å². The molecule has 1 aromatic rings. The van der Waals surface area contributed by atoms with E-state index in [2.05, 4.69) is 25.1 Å². The maximum atomic E-state index is 8.94. The molecule has 2 aliphatic rings. The summed E-state index contributed by atoms with van der Waals surface area (Å²) in [6.45, 7) is 2.10. The fourth-order valence-electron chi connectivity index (χ4n) is 3.45. The summed E-state index contributed by atoms with van der Waals surface area (Å²) in [5, 5.41) is 8.94. The topological polar surface area (TPSA) is 45.4 Å². The predicted molar refractivity (Wildman–Crippen MR) is 83.4 cm³/mol. The number of fused-ring (bicyclic) bond motifs is 1. The van der Waals surface area contributed by atoms with Gasteiger partial charge < -0.3 is 4.74 Å². The molecule has 0 N–H and O–H groups in total. The van der Waals surface area contributed by atoms with Crippen molar-refractivity contribution in [1.82, 2.24) is 0 Å². The van der Waals surface area contributed by atoms with Crippen LogP contribution in [0.2, 0.25) is 0 Å². The highest BCUT2D eigenvalue weighted by Gasteiger charge is 2.37. The average molecular weight is 282 g/mol. The number of hydrogen-bond donors (Lipinski definition) is 0. The summed E-state index contributed by atoms with van der Waals surface area (Å²) in [5.74, 6) is 1.35. The normalized spacial score (nSPS) is 25.4. The first-order valence-corrected chi connectivity index (χ1v) is 7.97. The SMILES string of the molecule is CC1(CCC#N)OC(C2CCCCC2)=Nc2ccccc21. The molecule has 110 valence electrons. The summed E-state index contributed by atoms with van der Waals surface area (Å²) in [6, 6.07) is 10.4. The van der Waals surface area contributed by atoms with Crippen LogP contribution in [0.15, 0.2) is 29.3 Å². The molecule has 1 saturated carbocycles. The van der Waals surface area contributed by atoms with Crippen LogP contribution in [0, 0.1) is 17.2 Å². The van der Waals surface area contributed by atoms with Crippen LogP contribution < -0.4 is 0 Å². The highest BCUT2D eigenvalue weighted by atomic mass is 16.5. The van der Waals surface area contributed by atoms with E-state index < -0.39 is 5.60 Å². The van der Waals surface area contributed by atoms with Crippen LogP contribution in [0.25, 0.3) is 0 Å². The van der Waals surface area contributed by atoms with E-state index in [9.17, 15) is 0 Å². The Morgan fingerprint density at radius 2 is 2.05 bits per heavy atom. The van der Waals surface area contributed by atoms with Gasteiger partial charge in [0.25, 0.3) is 0 Å². The minimum Gasteiger partial charge on any atom is -0.469 e. The lowest BCUT2D eigenvalue weighted by Crippen LogP contribution is -2.35. The molecule has 1 aliphatic carbocycles. The quantitative estimate of drug-likeness (QED) is 0.795. The van der Waals surface area contributed by atoms with Crippen LogP contribution in [-0.4, -0.2) is 5.90 Å². The first-order valence-electron chi connectivity index (χ1n) is 7.97.